The van der Waals surface area contributed by atoms with E-state index in [4.69, 9.17) is 9.26 Å². The van der Waals surface area contributed by atoms with Crippen LogP contribution in [-0.4, -0.2) is 62.9 Å². The number of ether oxygens (including phenoxy) is 1. The molecule has 0 spiro atoms. The van der Waals surface area contributed by atoms with E-state index in [0.717, 1.165) is 0 Å². The van der Waals surface area contributed by atoms with E-state index in [0.29, 0.717) is 11.0 Å². The molecule has 0 saturated heterocycles. The highest BCUT2D eigenvalue weighted by Crippen LogP contribution is 2.42. The predicted octanol–water partition coefficient (Wildman–Crippen LogP) is 0.779. The van der Waals surface area contributed by atoms with Gasteiger partial charge in [0, 0.05) is 6.42 Å². The van der Waals surface area contributed by atoms with Crippen LogP contribution in [0.4, 0.5) is 0 Å². The van der Waals surface area contributed by atoms with Crippen LogP contribution >= 0.6 is 7.82 Å². The lowest BCUT2D eigenvalue weighted by Gasteiger charge is -2.23. The number of hydrogen-bond donors (Lipinski definition) is 1. The summed E-state index contributed by atoms with van der Waals surface area (Å²) in [5.41, 5.74) is 0. The summed E-state index contributed by atoms with van der Waals surface area (Å²) in [7, 11) is 1.78. The Morgan fingerprint density at radius 3 is 2.22 bits per heavy atom. The zero-order valence-corrected chi connectivity index (χ0v) is 12.3. The summed E-state index contributed by atoms with van der Waals surface area (Å²) < 4.78 is 26.1. The van der Waals surface area contributed by atoms with Gasteiger partial charge in [-0.1, -0.05) is 6.92 Å². The fourth-order valence-electron chi connectivity index (χ4n) is 0.878. The molecule has 0 aromatic rings. The monoisotopic (exact) mass is 284 g/mol. The van der Waals surface area contributed by atoms with E-state index < -0.39 is 7.82 Å². The van der Waals surface area contributed by atoms with Crippen molar-refractivity contribution in [3.8, 4) is 0 Å². The first-order chi connectivity index (χ1) is 8.16. The largest absolute Gasteiger partial charge is 0.472 e. The van der Waals surface area contributed by atoms with Gasteiger partial charge in [-0.15, -0.1) is 0 Å². The number of phosphoric acid groups is 1. The van der Waals surface area contributed by atoms with E-state index in [1.807, 2.05) is 21.1 Å². The lowest BCUT2D eigenvalue weighted by Crippen LogP contribution is -2.37. The third-order valence-corrected chi connectivity index (χ3v) is 2.92. The number of carbonyl (C=O) groups is 1. The number of rotatable bonds is 9. The summed E-state index contributed by atoms with van der Waals surface area (Å²) in [5.74, 6) is -0.377. The molecule has 7 nitrogen and oxygen atoms in total. The van der Waals surface area contributed by atoms with Gasteiger partial charge in [-0.3, -0.25) is 13.8 Å². The molecule has 0 aliphatic carbocycles. The Labute approximate surface area is 108 Å². The van der Waals surface area contributed by atoms with Crippen molar-refractivity contribution in [2.45, 2.75) is 13.3 Å². The molecule has 1 N–H and O–H groups in total. The third kappa shape index (κ3) is 10.7. The molecule has 0 fully saturated rings. The summed E-state index contributed by atoms with van der Waals surface area (Å²) in [6.45, 7) is 2.14. The molecule has 0 radical (unpaired) electrons. The van der Waals surface area contributed by atoms with Crippen LogP contribution in [-0.2, 0) is 23.1 Å². The minimum atomic E-state index is -4.05. The normalized spacial score (nSPS) is 15.2. The molecule has 18 heavy (non-hydrogen) atoms. The van der Waals surface area contributed by atoms with Gasteiger partial charge in [-0.25, -0.2) is 4.57 Å². The second kappa shape index (κ2) is 7.86. The van der Waals surface area contributed by atoms with Crippen LogP contribution in [0.25, 0.3) is 0 Å². The second-order valence-corrected chi connectivity index (χ2v) is 6.18. The minimum absolute atomic E-state index is 0.0596. The maximum Gasteiger partial charge on any atom is 0.472 e. The van der Waals surface area contributed by atoms with Crippen LogP contribution < -0.4 is 0 Å². The van der Waals surface area contributed by atoms with Crippen molar-refractivity contribution < 1.29 is 32.5 Å². The van der Waals surface area contributed by atoms with Gasteiger partial charge in [-0.2, -0.15) is 0 Å². The first-order valence-corrected chi connectivity index (χ1v) is 7.24. The molecule has 0 heterocycles. The highest BCUT2D eigenvalue weighted by Gasteiger charge is 2.22. The van der Waals surface area contributed by atoms with Crippen LogP contribution in [0.3, 0.4) is 0 Å². The smallest absolute Gasteiger partial charge is 0.463 e. The van der Waals surface area contributed by atoms with Crippen molar-refractivity contribution in [2.75, 3.05) is 47.5 Å². The first-order valence-electron chi connectivity index (χ1n) is 5.74. The van der Waals surface area contributed by atoms with Gasteiger partial charge >= 0.3 is 13.8 Å². The van der Waals surface area contributed by atoms with Crippen molar-refractivity contribution in [1.29, 1.82) is 0 Å². The molecule has 1 unspecified atom stereocenters. The number of hydrogen-bond acceptors (Lipinski definition) is 5. The molecule has 0 bridgehead atoms. The maximum absolute atomic E-state index is 11.4. The van der Waals surface area contributed by atoms with Gasteiger partial charge in [-0.05, 0) is 0 Å². The van der Waals surface area contributed by atoms with Gasteiger partial charge in [0.1, 0.15) is 19.8 Å². The van der Waals surface area contributed by atoms with E-state index in [-0.39, 0.29) is 32.2 Å². The predicted molar refractivity (Wildman–Crippen MR) is 65.9 cm³/mol. The molecule has 0 amide bonds. The Balaban J connectivity index is 3.74. The maximum atomic E-state index is 11.4. The standard InChI is InChI=1S/C10H22NO6P/c1-5-10(12)15-8-9-17-18(13,14)16-7-6-11(2,3)4/h5-9H2,1-4H3/p+1. The molecule has 0 aromatic carbocycles. The second-order valence-electron chi connectivity index (χ2n) is 4.72. The van der Waals surface area contributed by atoms with E-state index in [1.165, 1.54) is 0 Å². The summed E-state index contributed by atoms with van der Waals surface area (Å²) in [6, 6.07) is 0. The summed E-state index contributed by atoms with van der Waals surface area (Å²) in [4.78, 5) is 20.1. The SMILES string of the molecule is CCC(=O)OCCOP(=O)(O)OCC[N+](C)(C)C. The molecule has 0 rings (SSSR count). The number of esters is 1. The molecule has 0 saturated carbocycles. The highest BCUT2D eigenvalue weighted by atomic mass is 31.2. The van der Waals surface area contributed by atoms with E-state index in [9.17, 15) is 14.3 Å². The molecular formula is C10H23NO6P+. The first kappa shape index (κ1) is 17.5. The van der Waals surface area contributed by atoms with Crippen molar-refractivity contribution in [1.82, 2.24) is 0 Å². The zero-order chi connectivity index (χ0) is 14.2. The molecular weight excluding hydrogens is 261 g/mol. The fraction of sp³-hybridized carbons (Fsp3) is 0.900. The molecule has 0 aromatic heterocycles. The molecule has 8 heteroatoms. The quantitative estimate of drug-likeness (QED) is 0.291. The minimum Gasteiger partial charge on any atom is -0.463 e. The van der Waals surface area contributed by atoms with Crippen LogP contribution in [0.2, 0.25) is 0 Å². The Kier molecular flexibility index (Phi) is 7.66. The van der Waals surface area contributed by atoms with Gasteiger partial charge in [0.05, 0.1) is 27.7 Å². The van der Waals surface area contributed by atoms with E-state index >= 15 is 0 Å². The highest BCUT2D eigenvalue weighted by molar-refractivity contribution is 7.47. The van der Waals surface area contributed by atoms with Crippen molar-refractivity contribution in [3.63, 3.8) is 0 Å². The van der Waals surface area contributed by atoms with Crippen molar-refractivity contribution >= 4 is 13.8 Å². The average Bonchev–Trinajstić information content (AvgIpc) is 2.21. The number of quaternary nitrogens is 1. The Morgan fingerprint density at radius 2 is 1.72 bits per heavy atom. The van der Waals surface area contributed by atoms with Gasteiger partial charge in [0.2, 0.25) is 0 Å². The fourth-order valence-corrected chi connectivity index (χ4v) is 1.57. The van der Waals surface area contributed by atoms with Crippen LogP contribution in [0.5, 0.6) is 0 Å². The third-order valence-electron chi connectivity index (χ3n) is 1.91. The van der Waals surface area contributed by atoms with Crippen molar-refractivity contribution in [2.24, 2.45) is 0 Å². The van der Waals surface area contributed by atoms with Gasteiger partial charge in [0.25, 0.3) is 0 Å². The van der Waals surface area contributed by atoms with Crippen LogP contribution in [0, 0.1) is 0 Å². The number of carbonyl (C=O) groups excluding carboxylic acids is 1. The Morgan fingerprint density at radius 1 is 1.17 bits per heavy atom. The van der Waals surface area contributed by atoms with Crippen LogP contribution in [0.1, 0.15) is 13.3 Å². The average molecular weight is 284 g/mol. The van der Waals surface area contributed by atoms with Gasteiger partial charge < -0.3 is 14.1 Å². The summed E-state index contributed by atoms with van der Waals surface area (Å²) in [5, 5.41) is 0. The number of phosphoric ester groups is 1. The Hall–Kier alpha value is -0.460. The van der Waals surface area contributed by atoms with Crippen LogP contribution in [0.15, 0.2) is 0 Å². The topological polar surface area (TPSA) is 82.1 Å². The molecule has 0 aliphatic rings. The summed E-state index contributed by atoms with van der Waals surface area (Å²) >= 11 is 0. The number of likely N-dealkylation sites (N-methyl/N-ethyl adjacent to an activating group) is 1. The lowest BCUT2D eigenvalue weighted by atomic mass is 10.5. The molecule has 0 aliphatic heterocycles. The van der Waals surface area contributed by atoms with Gasteiger partial charge in [0.15, 0.2) is 0 Å². The number of nitrogens with zero attached hydrogens (tertiary/aromatic N) is 1. The lowest BCUT2D eigenvalue weighted by molar-refractivity contribution is -0.870. The Bertz CT molecular complexity index is 301. The van der Waals surface area contributed by atoms with E-state index in [2.05, 4.69) is 4.52 Å². The molecule has 108 valence electrons. The van der Waals surface area contributed by atoms with E-state index in [1.54, 1.807) is 6.92 Å². The zero-order valence-electron chi connectivity index (χ0n) is 11.4. The summed E-state index contributed by atoms with van der Waals surface area (Å²) in [6.07, 6.45) is 0.261. The van der Waals surface area contributed by atoms with Crippen molar-refractivity contribution in [3.05, 3.63) is 0 Å². The molecule has 1 atom stereocenters.